The molecule has 0 radical (unpaired) electrons. The van der Waals surface area contributed by atoms with E-state index >= 15 is 0 Å². The van der Waals surface area contributed by atoms with Crippen LogP contribution in [0.1, 0.15) is 23.4 Å². The van der Waals surface area contributed by atoms with Crippen molar-refractivity contribution in [3.8, 4) is 0 Å². The molecule has 1 aromatic heterocycles. The quantitative estimate of drug-likeness (QED) is 0.703. The lowest BCUT2D eigenvalue weighted by Gasteiger charge is -2.36. The van der Waals surface area contributed by atoms with Crippen LogP contribution in [-0.2, 0) is 14.8 Å². The Morgan fingerprint density at radius 1 is 0.968 bits per heavy atom. The van der Waals surface area contributed by atoms with Crippen molar-refractivity contribution in [3.05, 3.63) is 54.0 Å². The van der Waals surface area contributed by atoms with Crippen molar-refractivity contribution in [1.29, 1.82) is 0 Å². The predicted octanol–water partition coefficient (Wildman–Crippen LogP) is 1.70. The van der Waals surface area contributed by atoms with Crippen LogP contribution >= 0.6 is 0 Å². The molecule has 166 valence electrons. The average Bonchev–Trinajstić information content (AvgIpc) is 3.45. The number of hydrogen-bond donors (Lipinski definition) is 0. The maximum absolute atomic E-state index is 14.0. The normalized spacial score (nSPS) is 20.3. The Bertz CT molecular complexity index is 1060. The number of furan rings is 1. The summed E-state index contributed by atoms with van der Waals surface area (Å²) in [6, 6.07) is 5.36. The number of hydrogen-bond acceptors (Lipinski definition) is 5. The van der Waals surface area contributed by atoms with E-state index in [1.54, 1.807) is 6.07 Å². The first-order valence-electron chi connectivity index (χ1n) is 9.88. The average molecular weight is 453 g/mol. The second kappa shape index (κ2) is 8.39. The number of likely N-dealkylation sites (tertiary alicyclic amines) is 1. The number of amides is 2. The van der Waals surface area contributed by atoms with E-state index in [4.69, 9.17) is 4.42 Å². The van der Waals surface area contributed by atoms with Gasteiger partial charge in [-0.15, -0.1) is 0 Å². The Morgan fingerprint density at radius 2 is 1.65 bits per heavy atom. The van der Waals surface area contributed by atoms with Crippen LogP contribution in [0.15, 0.2) is 45.9 Å². The molecule has 0 spiro atoms. The summed E-state index contributed by atoms with van der Waals surface area (Å²) < 4.78 is 59.5. The minimum Gasteiger partial charge on any atom is -0.459 e. The third-order valence-corrected chi connectivity index (χ3v) is 7.55. The summed E-state index contributed by atoms with van der Waals surface area (Å²) in [6.45, 7) is 0.360. The highest BCUT2D eigenvalue weighted by Gasteiger charge is 2.40. The summed E-state index contributed by atoms with van der Waals surface area (Å²) in [7, 11) is -4.38. The Balaban J connectivity index is 1.44. The molecule has 2 aromatic rings. The smallest absolute Gasteiger partial charge is 0.290 e. The van der Waals surface area contributed by atoms with Gasteiger partial charge < -0.3 is 14.2 Å². The van der Waals surface area contributed by atoms with Crippen molar-refractivity contribution >= 4 is 21.8 Å². The van der Waals surface area contributed by atoms with Crippen LogP contribution in [0.5, 0.6) is 0 Å². The van der Waals surface area contributed by atoms with Gasteiger partial charge in [-0.05, 0) is 37.1 Å². The van der Waals surface area contributed by atoms with Gasteiger partial charge >= 0.3 is 0 Å². The van der Waals surface area contributed by atoms with Crippen molar-refractivity contribution in [2.75, 3.05) is 32.7 Å². The standard InChI is InChI=1S/C20H21F2N3O5S/c21-14-4-1-5-15(22)18(14)31(28,29)24-11-9-23(10-12-24)19(26)16-6-2-8-25(16)20(27)17-7-3-13-30-17/h1,3-5,7,13,16H,2,6,8-12H2/t16-/m0/s1. The lowest BCUT2D eigenvalue weighted by molar-refractivity contribution is -0.136. The maximum atomic E-state index is 14.0. The number of piperazine rings is 1. The number of sulfonamides is 1. The Hall–Kier alpha value is -2.79. The van der Waals surface area contributed by atoms with E-state index < -0.39 is 32.6 Å². The molecule has 11 heteroatoms. The van der Waals surface area contributed by atoms with Crippen molar-refractivity contribution < 1.29 is 31.2 Å². The molecular weight excluding hydrogens is 432 g/mol. The van der Waals surface area contributed by atoms with Crippen molar-refractivity contribution in [1.82, 2.24) is 14.1 Å². The number of carbonyl (C=O) groups excluding carboxylic acids is 2. The van der Waals surface area contributed by atoms with Gasteiger partial charge in [-0.2, -0.15) is 4.31 Å². The van der Waals surface area contributed by atoms with E-state index in [0.717, 1.165) is 22.5 Å². The fourth-order valence-electron chi connectivity index (χ4n) is 4.03. The van der Waals surface area contributed by atoms with Gasteiger partial charge in [0.25, 0.3) is 5.91 Å². The van der Waals surface area contributed by atoms with Gasteiger partial charge in [0.1, 0.15) is 17.7 Å². The summed E-state index contributed by atoms with van der Waals surface area (Å²) >= 11 is 0. The number of benzene rings is 1. The number of rotatable bonds is 4. The molecule has 2 aliphatic rings. The molecule has 0 aliphatic carbocycles. The van der Waals surface area contributed by atoms with Crippen LogP contribution in [0.4, 0.5) is 8.78 Å². The van der Waals surface area contributed by atoms with Gasteiger partial charge in [0.05, 0.1) is 6.26 Å². The first-order valence-corrected chi connectivity index (χ1v) is 11.3. The Morgan fingerprint density at radius 3 is 2.26 bits per heavy atom. The monoisotopic (exact) mass is 453 g/mol. The summed E-state index contributed by atoms with van der Waals surface area (Å²) in [5.74, 6) is -2.79. The fourth-order valence-corrected chi connectivity index (χ4v) is 5.56. The van der Waals surface area contributed by atoms with E-state index in [9.17, 15) is 26.8 Å². The lowest BCUT2D eigenvalue weighted by Crippen LogP contribution is -2.55. The Labute approximate surface area is 178 Å². The minimum atomic E-state index is -4.38. The van der Waals surface area contributed by atoms with E-state index in [0.29, 0.717) is 19.4 Å². The summed E-state index contributed by atoms with van der Waals surface area (Å²) in [5.41, 5.74) is 0. The third kappa shape index (κ3) is 3.94. The zero-order valence-electron chi connectivity index (χ0n) is 16.5. The van der Waals surface area contributed by atoms with Gasteiger partial charge in [-0.1, -0.05) is 6.07 Å². The molecule has 3 heterocycles. The zero-order chi connectivity index (χ0) is 22.2. The topological polar surface area (TPSA) is 91.1 Å². The number of nitrogens with zero attached hydrogens (tertiary/aromatic N) is 3. The summed E-state index contributed by atoms with van der Waals surface area (Å²) in [4.78, 5) is 27.6. The van der Waals surface area contributed by atoms with Gasteiger partial charge in [-0.25, -0.2) is 17.2 Å². The molecule has 2 aliphatic heterocycles. The molecule has 1 aromatic carbocycles. The molecule has 0 bridgehead atoms. The third-order valence-electron chi connectivity index (χ3n) is 5.60. The summed E-state index contributed by atoms with van der Waals surface area (Å²) in [6.07, 6.45) is 2.56. The van der Waals surface area contributed by atoms with Gasteiger partial charge in [0.2, 0.25) is 15.9 Å². The zero-order valence-corrected chi connectivity index (χ0v) is 17.4. The van der Waals surface area contributed by atoms with Gasteiger partial charge in [-0.3, -0.25) is 9.59 Å². The number of halogens is 2. The van der Waals surface area contributed by atoms with Crippen LogP contribution in [0, 0.1) is 11.6 Å². The lowest BCUT2D eigenvalue weighted by atomic mass is 10.1. The van der Waals surface area contributed by atoms with Crippen LogP contribution in [0.3, 0.4) is 0 Å². The second-order valence-electron chi connectivity index (χ2n) is 7.41. The first-order chi connectivity index (χ1) is 14.8. The molecule has 2 saturated heterocycles. The van der Waals surface area contributed by atoms with Gasteiger partial charge in [0, 0.05) is 32.7 Å². The highest BCUT2D eigenvalue weighted by molar-refractivity contribution is 7.89. The van der Waals surface area contributed by atoms with E-state index in [1.807, 2.05) is 0 Å². The second-order valence-corrected chi connectivity index (χ2v) is 9.29. The van der Waals surface area contributed by atoms with Crippen LogP contribution in [0.25, 0.3) is 0 Å². The van der Waals surface area contributed by atoms with Crippen molar-refractivity contribution in [2.24, 2.45) is 0 Å². The molecule has 1 atom stereocenters. The van der Waals surface area contributed by atoms with E-state index in [1.165, 1.54) is 22.1 Å². The predicted molar refractivity (Wildman–Crippen MR) is 104 cm³/mol. The van der Waals surface area contributed by atoms with Crippen molar-refractivity contribution in [3.63, 3.8) is 0 Å². The summed E-state index contributed by atoms with van der Waals surface area (Å²) in [5, 5.41) is 0. The molecule has 2 fully saturated rings. The van der Waals surface area contributed by atoms with Gasteiger partial charge in [0.15, 0.2) is 10.7 Å². The molecule has 31 heavy (non-hydrogen) atoms. The maximum Gasteiger partial charge on any atom is 0.290 e. The molecule has 4 rings (SSSR count). The highest BCUT2D eigenvalue weighted by Crippen LogP contribution is 2.26. The van der Waals surface area contributed by atoms with E-state index in [2.05, 4.69) is 0 Å². The first kappa shape index (κ1) is 21.4. The van der Waals surface area contributed by atoms with Crippen LogP contribution < -0.4 is 0 Å². The molecule has 2 amide bonds. The van der Waals surface area contributed by atoms with Crippen LogP contribution in [0.2, 0.25) is 0 Å². The fraction of sp³-hybridized carbons (Fsp3) is 0.400. The molecule has 0 unspecified atom stereocenters. The van der Waals surface area contributed by atoms with Crippen molar-refractivity contribution in [2.45, 2.75) is 23.8 Å². The molecule has 0 N–H and O–H groups in total. The number of carbonyl (C=O) groups is 2. The Kier molecular flexibility index (Phi) is 5.80. The highest BCUT2D eigenvalue weighted by atomic mass is 32.2. The van der Waals surface area contributed by atoms with Crippen LogP contribution in [-0.4, -0.2) is 73.1 Å². The molecule has 8 nitrogen and oxygen atoms in total. The molecular formula is C20H21F2N3O5S. The largest absolute Gasteiger partial charge is 0.459 e. The molecule has 0 saturated carbocycles. The SMILES string of the molecule is O=C([C@@H]1CCCN1C(=O)c1ccco1)N1CCN(S(=O)(=O)c2c(F)cccc2F)CC1. The van der Waals surface area contributed by atoms with E-state index in [-0.39, 0.29) is 43.8 Å². The minimum absolute atomic E-state index is 0.0629.